The van der Waals surface area contributed by atoms with Crippen LogP contribution in [0, 0.1) is 6.92 Å². The van der Waals surface area contributed by atoms with E-state index in [0.29, 0.717) is 12.8 Å². The predicted molar refractivity (Wildman–Crippen MR) is 101 cm³/mol. The molecule has 1 saturated heterocycles. The molecule has 1 aromatic heterocycles. The Labute approximate surface area is 152 Å². The first-order chi connectivity index (χ1) is 12.6. The van der Waals surface area contributed by atoms with E-state index in [0.717, 1.165) is 30.7 Å². The molecule has 0 spiro atoms. The van der Waals surface area contributed by atoms with Crippen LogP contribution in [0.3, 0.4) is 0 Å². The number of aromatic nitrogens is 2. The van der Waals surface area contributed by atoms with Crippen molar-refractivity contribution in [2.75, 3.05) is 13.1 Å². The van der Waals surface area contributed by atoms with E-state index in [2.05, 4.69) is 41.1 Å². The number of carboxylic acid groups (broad SMARTS) is 1. The second-order valence-corrected chi connectivity index (χ2v) is 7.21. The number of fused-ring (bicyclic) bond motifs is 1. The van der Waals surface area contributed by atoms with Crippen LogP contribution in [0.4, 0.5) is 0 Å². The van der Waals surface area contributed by atoms with Gasteiger partial charge in [-0.3, -0.25) is 4.90 Å². The topological polar surface area (TPSA) is 58.4 Å². The van der Waals surface area contributed by atoms with Crippen molar-refractivity contribution >= 4 is 17.0 Å². The fourth-order valence-electron chi connectivity index (χ4n) is 4.01. The van der Waals surface area contributed by atoms with Crippen molar-refractivity contribution in [2.24, 2.45) is 0 Å². The number of hydrogen-bond donors (Lipinski definition) is 1. The van der Waals surface area contributed by atoms with Gasteiger partial charge in [-0.2, -0.15) is 0 Å². The lowest BCUT2D eigenvalue weighted by atomic mass is 9.86. The number of carbonyl (C=O) groups is 1. The smallest absolute Gasteiger partial charge is 0.330 e. The molecule has 1 aliphatic heterocycles. The summed E-state index contributed by atoms with van der Waals surface area (Å²) in [5, 5.41) is 10.1. The third-order valence-electron chi connectivity index (χ3n) is 5.48. The number of likely N-dealkylation sites (tertiary alicyclic amines) is 1. The number of para-hydroxylation sites is 2. The van der Waals surface area contributed by atoms with Crippen LogP contribution in [0.15, 0.2) is 54.9 Å². The first-order valence-electron chi connectivity index (χ1n) is 9.02. The highest BCUT2D eigenvalue weighted by molar-refractivity contribution is 5.82. The van der Waals surface area contributed by atoms with Gasteiger partial charge in [0.15, 0.2) is 0 Å². The van der Waals surface area contributed by atoms with Crippen LogP contribution < -0.4 is 0 Å². The molecule has 4 rings (SSSR count). The molecule has 0 unspecified atom stereocenters. The minimum atomic E-state index is -0.917. The van der Waals surface area contributed by atoms with Crippen molar-refractivity contribution in [3.8, 4) is 0 Å². The van der Waals surface area contributed by atoms with Gasteiger partial charge >= 0.3 is 5.97 Å². The lowest BCUT2D eigenvalue weighted by molar-refractivity contribution is -0.150. The molecule has 0 bridgehead atoms. The Hall–Kier alpha value is -2.66. The number of hydrogen-bond acceptors (Lipinski definition) is 3. The van der Waals surface area contributed by atoms with Crippen molar-refractivity contribution in [1.29, 1.82) is 0 Å². The Morgan fingerprint density at radius 2 is 1.92 bits per heavy atom. The van der Waals surface area contributed by atoms with Crippen LogP contribution >= 0.6 is 0 Å². The first kappa shape index (κ1) is 16.8. The first-order valence-corrected chi connectivity index (χ1v) is 9.02. The quantitative estimate of drug-likeness (QED) is 0.784. The molecule has 2 aromatic carbocycles. The summed E-state index contributed by atoms with van der Waals surface area (Å²) in [7, 11) is 0. The van der Waals surface area contributed by atoms with Gasteiger partial charge in [0, 0.05) is 19.6 Å². The number of piperidine rings is 1. The summed E-state index contributed by atoms with van der Waals surface area (Å²) in [6.07, 6.45) is 2.85. The van der Waals surface area contributed by atoms with Crippen molar-refractivity contribution < 1.29 is 9.90 Å². The Morgan fingerprint density at radius 3 is 2.65 bits per heavy atom. The van der Waals surface area contributed by atoms with E-state index >= 15 is 0 Å². The van der Waals surface area contributed by atoms with E-state index < -0.39 is 11.5 Å². The number of imidazole rings is 1. The Balaban J connectivity index is 1.57. The number of aryl methyl sites for hydroxylation is 1. The summed E-state index contributed by atoms with van der Waals surface area (Å²) in [5.74, 6) is -0.768. The van der Waals surface area contributed by atoms with Gasteiger partial charge in [0.1, 0.15) is 5.54 Å². The predicted octanol–water partition coefficient (Wildman–Crippen LogP) is 3.42. The molecule has 0 saturated carbocycles. The highest BCUT2D eigenvalue weighted by atomic mass is 16.4. The maximum atomic E-state index is 12.3. The number of nitrogens with zero attached hydrogens (tertiary/aromatic N) is 3. The summed E-state index contributed by atoms with van der Waals surface area (Å²) in [6.45, 7) is 4.47. The van der Waals surface area contributed by atoms with Crippen LogP contribution in [-0.4, -0.2) is 38.6 Å². The molecule has 0 radical (unpaired) electrons. The van der Waals surface area contributed by atoms with E-state index in [1.165, 1.54) is 11.1 Å². The lowest BCUT2D eigenvalue weighted by Crippen LogP contribution is -2.50. The zero-order chi connectivity index (χ0) is 18.1. The van der Waals surface area contributed by atoms with E-state index in [-0.39, 0.29) is 0 Å². The van der Waals surface area contributed by atoms with Crippen molar-refractivity contribution in [3.63, 3.8) is 0 Å². The highest BCUT2D eigenvalue weighted by Crippen LogP contribution is 2.34. The zero-order valence-electron chi connectivity index (χ0n) is 14.9. The normalized spacial score (nSPS) is 17.4. The van der Waals surface area contributed by atoms with Crippen LogP contribution in [0.25, 0.3) is 11.0 Å². The van der Waals surface area contributed by atoms with Gasteiger partial charge in [0.25, 0.3) is 0 Å². The van der Waals surface area contributed by atoms with Gasteiger partial charge in [-0.25, -0.2) is 9.78 Å². The Morgan fingerprint density at radius 1 is 1.15 bits per heavy atom. The molecule has 1 fully saturated rings. The Kier molecular flexibility index (Phi) is 4.24. The molecule has 26 heavy (non-hydrogen) atoms. The van der Waals surface area contributed by atoms with Gasteiger partial charge in [-0.05, 0) is 37.5 Å². The summed E-state index contributed by atoms with van der Waals surface area (Å²) >= 11 is 0. The molecule has 0 aliphatic carbocycles. The zero-order valence-corrected chi connectivity index (χ0v) is 14.9. The molecular weight excluding hydrogens is 326 g/mol. The molecule has 0 amide bonds. The SMILES string of the molecule is Cc1cccc(CN2CCC(C(=O)O)(n3cnc4ccccc43)CC2)c1. The van der Waals surface area contributed by atoms with E-state index in [1.54, 1.807) is 6.33 Å². The summed E-state index contributed by atoms with van der Waals surface area (Å²) in [5.41, 5.74) is 3.35. The van der Waals surface area contributed by atoms with Gasteiger partial charge in [0.05, 0.1) is 17.4 Å². The fourth-order valence-corrected chi connectivity index (χ4v) is 4.01. The molecule has 1 aliphatic rings. The van der Waals surface area contributed by atoms with Gasteiger partial charge < -0.3 is 9.67 Å². The summed E-state index contributed by atoms with van der Waals surface area (Å²) in [6, 6.07) is 16.2. The molecule has 2 heterocycles. The van der Waals surface area contributed by atoms with Crippen molar-refractivity contribution in [3.05, 3.63) is 66.0 Å². The number of rotatable bonds is 4. The van der Waals surface area contributed by atoms with Crippen LogP contribution in [0.2, 0.25) is 0 Å². The molecule has 3 aromatic rings. The second kappa shape index (κ2) is 6.57. The van der Waals surface area contributed by atoms with Crippen molar-refractivity contribution in [2.45, 2.75) is 31.8 Å². The van der Waals surface area contributed by atoms with Crippen LogP contribution in [0.5, 0.6) is 0 Å². The summed E-state index contributed by atoms with van der Waals surface area (Å²) < 4.78 is 1.87. The third-order valence-corrected chi connectivity index (χ3v) is 5.48. The minimum Gasteiger partial charge on any atom is -0.479 e. The van der Waals surface area contributed by atoms with E-state index in [1.807, 2.05) is 28.8 Å². The third kappa shape index (κ3) is 2.88. The monoisotopic (exact) mass is 349 g/mol. The average Bonchev–Trinajstić information content (AvgIpc) is 3.07. The Bertz CT molecular complexity index is 939. The number of aliphatic carboxylic acids is 1. The van der Waals surface area contributed by atoms with Crippen LogP contribution in [0.1, 0.15) is 24.0 Å². The molecule has 0 atom stereocenters. The molecule has 5 heteroatoms. The molecule has 134 valence electrons. The minimum absolute atomic E-state index is 0.578. The number of carboxylic acids is 1. The standard InChI is InChI=1S/C21H23N3O2/c1-16-5-4-6-17(13-16)14-23-11-9-21(10-12-23,20(25)26)24-15-22-18-7-2-3-8-19(18)24/h2-8,13,15H,9-12,14H2,1H3,(H,25,26). The van der Waals surface area contributed by atoms with Gasteiger partial charge in [-0.15, -0.1) is 0 Å². The lowest BCUT2D eigenvalue weighted by Gasteiger charge is -2.40. The maximum Gasteiger partial charge on any atom is 0.330 e. The van der Waals surface area contributed by atoms with E-state index in [4.69, 9.17) is 0 Å². The van der Waals surface area contributed by atoms with Gasteiger partial charge in [0.2, 0.25) is 0 Å². The molecule has 1 N–H and O–H groups in total. The molecule has 5 nitrogen and oxygen atoms in total. The van der Waals surface area contributed by atoms with E-state index in [9.17, 15) is 9.90 Å². The van der Waals surface area contributed by atoms with Crippen molar-refractivity contribution in [1.82, 2.24) is 14.5 Å². The van der Waals surface area contributed by atoms with Crippen LogP contribution in [-0.2, 0) is 16.9 Å². The highest BCUT2D eigenvalue weighted by Gasteiger charge is 2.43. The second-order valence-electron chi connectivity index (χ2n) is 7.21. The fraction of sp³-hybridized carbons (Fsp3) is 0.333. The average molecular weight is 349 g/mol. The van der Waals surface area contributed by atoms with Gasteiger partial charge in [-0.1, -0.05) is 42.0 Å². The maximum absolute atomic E-state index is 12.3. The summed E-state index contributed by atoms with van der Waals surface area (Å²) in [4.78, 5) is 19.0. The molecular formula is C21H23N3O2. The number of benzene rings is 2. The largest absolute Gasteiger partial charge is 0.479 e.